The Kier molecular flexibility index (Phi) is 5.64. The Balaban J connectivity index is 1.49. The van der Waals surface area contributed by atoms with E-state index in [1.54, 1.807) is 35.2 Å². The number of carbonyl (C=O) groups is 2. The first-order valence-electron chi connectivity index (χ1n) is 9.98. The van der Waals surface area contributed by atoms with Crippen molar-refractivity contribution in [1.29, 1.82) is 0 Å². The maximum atomic E-state index is 13.2. The van der Waals surface area contributed by atoms with Gasteiger partial charge < -0.3 is 20.3 Å². The van der Waals surface area contributed by atoms with E-state index in [-0.39, 0.29) is 30.4 Å². The van der Waals surface area contributed by atoms with E-state index in [0.717, 1.165) is 31.2 Å². The van der Waals surface area contributed by atoms with Crippen molar-refractivity contribution in [1.82, 2.24) is 5.32 Å². The minimum atomic E-state index is -0.321. The van der Waals surface area contributed by atoms with E-state index in [9.17, 15) is 14.0 Å². The molecule has 29 heavy (non-hydrogen) atoms. The summed E-state index contributed by atoms with van der Waals surface area (Å²) in [5.41, 5.74) is 1.97. The predicted octanol–water partition coefficient (Wildman–Crippen LogP) is 4.21. The fourth-order valence-electron chi connectivity index (χ4n) is 3.83. The van der Waals surface area contributed by atoms with Crippen LogP contribution < -0.4 is 20.3 Å². The molecule has 1 saturated carbocycles. The van der Waals surface area contributed by atoms with Gasteiger partial charge in [-0.15, -0.1) is 0 Å². The van der Waals surface area contributed by atoms with E-state index >= 15 is 0 Å². The molecule has 2 aromatic carbocycles. The van der Waals surface area contributed by atoms with Crippen LogP contribution in [0.25, 0.3) is 0 Å². The van der Waals surface area contributed by atoms with E-state index in [2.05, 4.69) is 10.6 Å². The molecule has 152 valence electrons. The Morgan fingerprint density at radius 1 is 1.10 bits per heavy atom. The summed E-state index contributed by atoms with van der Waals surface area (Å²) < 4.78 is 18.7. The lowest BCUT2D eigenvalue weighted by Gasteiger charge is -2.30. The second kappa shape index (κ2) is 8.51. The zero-order valence-corrected chi connectivity index (χ0v) is 16.1. The molecule has 0 aromatic heterocycles. The molecule has 0 spiro atoms. The van der Waals surface area contributed by atoms with Gasteiger partial charge in [-0.2, -0.15) is 0 Å². The molecule has 2 N–H and O–H groups in total. The highest BCUT2D eigenvalue weighted by Crippen LogP contribution is 2.35. The van der Waals surface area contributed by atoms with Crippen LogP contribution >= 0.6 is 0 Å². The number of carbonyl (C=O) groups excluding carboxylic acids is 2. The van der Waals surface area contributed by atoms with Gasteiger partial charge in [0.15, 0.2) is 6.61 Å². The van der Waals surface area contributed by atoms with Crippen molar-refractivity contribution in [2.24, 2.45) is 0 Å². The van der Waals surface area contributed by atoms with Crippen molar-refractivity contribution >= 4 is 23.3 Å². The lowest BCUT2D eigenvalue weighted by Crippen LogP contribution is -2.39. The van der Waals surface area contributed by atoms with Gasteiger partial charge in [-0.25, -0.2) is 9.18 Å². The van der Waals surface area contributed by atoms with Crippen molar-refractivity contribution in [2.45, 2.75) is 44.7 Å². The second-order valence-electron chi connectivity index (χ2n) is 7.51. The Hall–Kier alpha value is -3.09. The zero-order valence-electron chi connectivity index (χ0n) is 16.1. The van der Waals surface area contributed by atoms with E-state index < -0.39 is 0 Å². The van der Waals surface area contributed by atoms with Gasteiger partial charge >= 0.3 is 6.03 Å². The van der Waals surface area contributed by atoms with Crippen molar-refractivity contribution < 1.29 is 18.7 Å². The molecule has 0 atom stereocenters. The quantitative estimate of drug-likeness (QED) is 0.812. The predicted molar refractivity (Wildman–Crippen MR) is 109 cm³/mol. The van der Waals surface area contributed by atoms with Gasteiger partial charge in [0.05, 0.1) is 12.2 Å². The van der Waals surface area contributed by atoms with Gasteiger partial charge in [0, 0.05) is 11.7 Å². The number of ether oxygens (including phenoxy) is 1. The van der Waals surface area contributed by atoms with Gasteiger partial charge in [0.25, 0.3) is 5.91 Å². The number of amides is 3. The number of hydrogen-bond acceptors (Lipinski definition) is 3. The van der Waals surface area contributed by atoms with Crippen LogP contribution in [0.5, 0.6) is 5.75 Å². The van der Waals surface area contributed by atoms with Crippen LogP contribution in [0, 0.1) is 5.82 Å². The Morgan fingerprint density at radius 2 is 1.86 bits per heavy atom. The molecule has 1 aliphatic heterocycles. The minimum absolute atomic E-state index is 0.0524. The Labute approximate surface area is 169 Å². The summed E-state index contributed by atoms with van der Waals surface area (Å²) >= 11 is 0. The van der Waals surface area contributed by atoms with Crippen LogP contribution in [0.2, 0.25) is 0 Å². The lowest BCUT2D eigenvalue weighted by atomic mass is 9.96. The molecule has 4 rings (SSSR count). The second-order valence-corrected chi connectivity index (χ2v) is 7.51. The van der Waals surface area contributed by atoms with Crippen LogP contribution in [0.3, 0.4) is 0 Å². The smallest absolute Gasteiger partial charge is 0.319 e. The largest absolute Gasteiger partial charge is 0.482 e. The molecule has 0 bridgehead atoms. The van der Waals surface area contributed by atoms with E-state index in [4.69, 9.17) is 4.74 Å². The number of rotatable bonds is 4. The Morgan fingerprint density at radius 3 is 2.62 bits per heavy atom. The summed E-state index contributed by atoms with van der Waals surface area (Å²) in [5.74, 6) is 0.0634. The maximum Gasteiger partial charge on any atom is 0.319 e. The van der Waals surface area contributed by atoms with E-state index in [1.165, 1.54) is 18.6 Å². The summed E-state index contributed by atoms with van der Waals surface area (Å²) in [4.78, 5) is 26.4. The SMILES string of the molecule is O=C(Nc1ccc2c(c1)N(Cc1ccc(F)cc1)C(=O)CO2)NC1CCCCC1. The molecule has 2 aromatic rings. The summed E-state index contributed by atoms with van der Waals surface area (Å²) in [5, 5.41) is 5.87. The number of hydrogen-bond donors (Lipinski definition) is 2. The number of nitrogens with zero attached hydrogens (tertiary/aromatic N) is 1. The highest BCUT2D eigenvalue weighted by atomic mass is 19.1. The van der Waals surface area contributed by atoms with Crippen LogP contribution in [0.1, 0.15) is 37.7 Å². The van der Waals surface area contributed by atoms with Crippen LogP contribution in [0.15, 0.2) is 42.5 Å². The lowest BCUT2D eigenvalue weighted by molar-refractivity contribution is -0.121. The monoisotopic (exact) mass is 397 g/mol. The highest BCUT2D eigenvalue weighted by Gasteiger charge is 2.26. The zero-order chi connectivity index (χ0) is 20.2. The van der Waals surface area contributed by atoms with Gasteiger partial charge in [0.1, 0.15) is 11.6 Å². The van der Waals surface area contributed by atoms with Gasteiger partial charge in [-0.05, 0) is 48.7 Å². The fraction of sp³-hybridized carbons (Fsp3) is 0.364. The third-order valence-electron chi connectivity index (χ3n) is 5.35. The first kappa shape index (κ1) is 19.2. The molecule has 0 saturated heterocycles. The number of halogens is 1. The van der Waals surface area contributed by atoms with Crippen molar-refractivity contribution in [3.8, 4) is 5.75 Å². The summed E-state index contributed by atoms with van der Waals surface area (Å²) in [6, 6.07) is 11.2. The normalized spacial score (nSPS) is 16.7. The molecule has 2 aliphatic rings. The van der Waals surface area contributed by atoms with Gasteiger partial charge in [-0.3, -0.25) is 4.79 Å². The molecule has 0 radical (unpaired) electrons. The Bertz CT molecular complexity index is 895. The number of benzene rings is 2. The molecular formula is C22H24FN3O3. The van der Waals surface area contributed by atoms with E-state index in [0.29, 0.717) is 23.7 Å². The summed E-state index contributed by atoms with van der Waals surface area (Å²) in [6.45, 7) is 0.246. The third-order valence-corrected chi connectivity index (χ3v) is 5.35. The number of nitrogens with one attached hydrogen (secondary N) is 2. The first-order valence-corrected chi connectivity index (χ1v) is 9.98. The van der Waals surface area contributed by atoms with Gasteiger partial charge in [0.2, 0.25) is 0 Å². The van der Waals surface area contributed by atoms with Crippen molar-refractivity contribution in [2.75, 3.05) is 16.8 Å². The molecule has 7 heteroatoms. The molecule has 1 fully saturated rings. The summed E-state index contributed by atoms with van der Waals surface area (Å²) in [7, 11) is 0. The molecule has 1 heterocycles. The maximum absolute atomic E-state index is 13.2. The van der Waals surface area contributed by atoms with Gasteiger partial charge in [-0.1, -0.05) is 31.4 Å². The van der Waals surface area contributed by atoms with Crippen molar-refractivity contribution in [3.63, 3.8) is 0 Å². The average molecular weight is 397 g/mol. The molecular weight excluding hydrogens is 373 g/mol. The third kappa shape index (κ3) is 4.67. The number of anilines is 2. The topological polar surface area (TPSA) is 70.7 Å². The number of fused-ring (bicyclic) bond motifs is 1. The van der Waals surface area contributed by atoms with Crippen LogP contribution in [-0.4, -0.2) is 24.6 Å². The van der Waals surface area contributed by atoms with E-state index in [1.807, 2.05) is 0 Å². The van der Waals surface area contributed by atoms with Crippen molar-refractivity contribution in [3.05, 3.63) is 53.8 Å². The highest BCUT2D eigenvalue weighted by molar-refractivity contribution is 5.99. The summed E-state index contributed by atoms with van der Waals surface area (Å²) in [6.07, 6.45) is 5.52. The minimum Gasteiger partial charge on any atom is -0.482 e. The number of urea groups is 1. The van der Waals surface area contributed by atoms with Crippen LogP contribution in [0.4, 0.5) is 20.6 Å². The molecule has 1 aliphatic carbocycles. The first-order chi connectivity index (χ1) is 14.1. The molecule has 6 nitrogen and oxygen atoms in total. The fourth-order valence-corrected chi connectivity index (χ4v) is 3.83. The average Bonchev–Trinajstić information content (AvgIpc) is 2.72. The molecule has 3 amide bonds. The molecule has 0 unspecified atom stereocenters. The standard InChI is InChI=1S/C22H24FN3O3/c23-16-8-6-15(7-9-16)13-26-19-12-18(10-11-20(19)29-14-21(26)27)25-22(28)24-17-4-2-1-3-5-17/h6-12,17H,1-5,13-14H2,(H2,24,25,28). The van der Waals surface area contributed by atoms with Crippen LogP contribution in [-0.2, 0) is 11.3 Å².